The summed E-state index contributed by atoms with van der Waals surface area (Å²) in [6.45, 7) is 1.16. The van der Waals surface area contributed by atoms with Crippen LogP contribution in [-0.4, -0.2) is 48.3 Å². The van der Waals surface area contributed by atoms with Gasteiger partial charge >= 0.3 is 5.97 Å². The highest BCUT2D eigenvalue weighted by Gasteiger charge is 2.52. The fourth-order valence-electron chi connectivity index (χ4n) is 3.02. The van der Waals surface area contributed by atoms with Crippen LogP contribution in [0.15, 0.2) is 35.4 Å². The molecule has 12 nitrogen and oxygen atoms in total. The third-order valence-corrected chi connectivity index (χ3v) is 4.06. The van der Waals surface area contributed by atoms with E-state index in [4.69, 9.17) is 24.5 Å². The van der Waals surface area contributed by atoms with Crippen molar-refractivity contribution in [3.05, 3.63) is 56.5 Å². The lowest BCUT2D eigenvalue weighted by Gasteiger charge is -2.46. The highest BCUT2D eigenvalue weighted by atomic mass is 17.0. The molecule has 0 N–H and O–H groups in total. The second kappa shape index (κ2) is 8.18. The van der Waals surface area contributed by atoms with Crippen molar-refractivity contribution in [1.82, 2.24) is 0 Å². The highest BCUT2D eigenvalue weighted by Crippen LogP contribution is 2.36. The summed E-state index contributed by atoms with van der Waals surface area (Å²) in [5.41, 5.74) is 9.54. The van der Waals surface area contributed by atoms with E-state index in [0.29, 0.717) is 0 Å². The quantitative estimate of drug-likeness (QED) is 0.186. The van der Waals surface area contributed by atoms with Gasteiger partial charge in [-0.05, 0) is 5.53 Å². The Labute approximate surface area is 152 Å². The number of fused-ring (bicyclic) bond motifs is 1. The molecule has 0 spiro atoms. The minimum atomic E-state index is -1.57. The van der Waals surface area contributed by atoms with Crippen LogP contribution < -0.4 is 0 Å². The van der Waals surface area contributed by atoms with E-state index in [0.717, 1.165) is 12.5 Å². The van der Waals surface area contributed by atoms with E-state index in [1.807, 2.05) is 6.07 Å². The number of hydrogen-bond donors (Lipinski definition) is 0. The molecule has 12 heteroatoms. The molecule has 2 aliphatic heterocycles. The molecule has 0 radical (unpaired) electrons. The summed E-state index contributed by atoms with van der Waals surface area (Å²) in [7, 11) is 0. The third-order valence-electron chi connectivity index (χ3n) is 4.06. The fraction of sp³-hybridized carbons (Fsp3) is 0.533. The molecule has 0 bridgehead atoms. The van der Waals surface area contributed by atoms with Crippen LogP contribution in [0.2, 0.25) is 0 Å². The van der Waals surface area contributed by atoms with Crippen LogP contribution in [0.5, 0.6) is 0 Å². The van der Waals surface area contributed by atoms with Crippen molar-refractivity contribution in [2.24, 2.45) is 5.11 Å². The molecule has 1 unspecified atom stereocenters. The van der Waals surface area contributed by atoms with Crippen molar-refractivity contribution in [3.8, 4) is 0 Å². The average molecular weight is 380 g/mol. The molecular formula is C15H16N4O8. The maximum Gasteiger partial charge on any atom is 0.303 e. The second-order valence-corrected chi connectivity index (χ2v) is 5.82. The van der Waals surface area contributed by atoms with Gasteiger partial charge in [0.25, 0.3) is 5.09 Å². The Kier molecular flexibility index (Phi) is 5.72. The van der Waals surface area contributed by atoms with Gasteiger partial charge in [0.1, 0.15) is 24.4 Å². The van der Waals surface area contributed by atoms with Crippen molar-refractivity contribution in [3.63, 3.8) is 0 Å². The van der Waals surface area contributed by atoms with Crippen LogP contribution >= 0.6 is 0 Å². The maximum absolute atomic E-state index is 11.6. The zero-order valence-electron chi connectivity index (χ0n) is 14.1. The normalized spacial score (nSPS) is 32.5. The lowest BCUT2D eigenvalue weighted by atomic mass is 9.96. The Bertz CT molecular complexity index is 741. The summed E-state index contributed by atoms with van der Waals surface area (Å²) < 4.78 is 22.3. The summed E-state index contributed by atoms with van der Waals surface area (Å²) in [5.74, 6) is -0.676. The first-order chi connectivity index (χ1) is 13.0. The molecule has 0 aromatic heterocycles. The van der Waals surface area contributed by atoms with Gasteiger partial charge in [0, 0.05) is 17.4 Å². The first-order valence-corrected chi connectivity index (χ1v) is 7.99. The Morgan fingerprint density at radius 3 is 2.74 bits per heavy atom. The average Bonchev–Trinajstić information content (AvgIpc) is 2.64. The van der Waals surface area contributed by atoms with E-state index >= 15 is 0 Å². The Morgan fingerprint density at radius 1 is 1.37 bits per heavy atom. The van der Waals surface area contributed by atoms with Gasteiger partial charge in [-0.2, -0.15) is 0 Å². The van der Waals surface area contributed by atoms with Crippen molar-refractivity contribution in [1.29, 1.82) is 0 Å². The number of benzene rings is 1. The second-order valence-electron chi connectivity index (χ2n) is 5.82. The van der Waals surface area contributed by atoms with E-state index in [2.05, 4.69) is 14.9 Å². The van der Waals surface area contributed by atoms with Crippen molar-refractivity contribution >= 4 is 5.97 Å². The number of ether oxygens (including phenoxy) is 4. The van der Waals surface area contributed by atoms with Crippen LogP contribution in [0.3, 0.4) is 0 Å². The molecule has 3 rings (SSSR count). The SMILES string of the molecule is CC(=O)O[C@@H]1[C@H](N=[N+]=[N-])[C@@H](O[N+](=O)[O-])O[C@@H]2COC(c3ccccc3)O[C@@H]12. The van der Waals surface area contributed by atoms with Crippen molar-refractivity contribution < 1.29 is 33.7 Å². The van der Waals surface area contributed by atoms with E-state index in [1.54, 1.807) is 24.3 Å². The van der Waals surface area contributed by atoms with Gasteiger partial charge in [-0.3, -0.25) is 9.63 Å². The third kappa shape index (κ3) is 4.26. The zero-order chi connectivity index (χ0) is 19.4. The minimum absolute atomic E-state index is 0.00253. The smallest absolute Gasteiger partial charge is 0.303 e. The maximum atomic E-state index is 11.6. The number of carbonyl (C=O) groups is 1. The van der Waals surface area contributed by atoms with Gasteiger partial charge in [-0.25, -0.2) is 0 Å². The van der Waals surface area contributed by atoms with E-state index in [9.17, 15) is 14.9 Å². The number of carbonyl (C=O) groups excluding carboxylic acids is 1. The zero-order valence-corrected chi connectivity index (χ0v) is 14.1. The largest absolute Gasteiger partial charge is 0.459 e. The van der Waals surface area contributed by atoms with E-state index in [-0.39, 0.29) is 6.61 Å². The summed E-state index contributed by atoms with van der Waals surface area (Å²) in [6, 6.07) is 7.70. The first kappa shape index (κ1) is 18.9. The lowest BCUT2D eigenvalue weighted by Crippen LogP contribution is -2.62. The Hall–Kier alpha value is -2.92. The van der Waals surface area contributed by atoms with Gasteiger partial charge in [-0.15, -0.1) is 10.1 Å². The Morgan fingerprint density at radius 2 is 2.11 bits per heavy atom. The molecular weight excluding hydrogens is 364 g/mol. The highest BCUT2D eigenvalue weighted by molar-refractivity contribution is 5.66. The van der Waals surface area contributed by atoms with Gasteiger partial charge in [0.15, 0.2) is 6.29 Å². The molecule has 2 fully saturated rings. The van der Waals surface area contributed by atoms with Crippen molar-refractivity contribution in [2.75, 3.05) is 6.61 Å². The molecule has 2 saturated heterocycles. The summed E-state index contributed by atoms with van der Waals surface area (Å²) in [6.07, 6.45) is -5.20. The summed E-state index contributed by atoms with van der Waals surface area (Å²) >= 11 is 0. The number of hydrogen-bond acceptors (Lipinski definition) is 9. The van der Waals surface area contributed by atoms with Gasteiger partial charge < -0.3 is 18.9 Å². The van der Waals surface area contributed by atoms with Gasteiger partial charge in [0.05, 0.1) is 6.61 Å². The van der Waals surface area contributed by atoms with Crippen molar-refractivity contribution in [2.45, 2.75) is 43.9 Å². The monoisotopic (exact) mass is 380 g/mol. The van der Waals surface area contributed by atoms with E-state index < -0.39 is 48.0 Å². The molecule has 6 atom stereocenters. The van der Waals surface area contributed by atoms with Gasteiger partial charge in [-0.1, -0.05) is 35.4 Å². The van der Waals surface area contributed by atoms with Crippen LogP contribution in [-0.2, 0) is 28.6 Å². The predicted octanol–water partition coefficient (Wildman–Crippen LogP) is 1.64. The molecule has 2 aliphatic rings. The van der Waals surface area contributed by atoms with Crippen LogP contribution in [0.4, 0.5) is 0 Å². The number of nitrogens with zero attached hydrogens (tertiary/aromatic N) is 4. The first-order valence-electron chi connectivity index (χ1n) is 7.99. The summed E-state index contributed by atoms with van der Waals surface area (Å²) in [5, 5.41) is 13.1. The number of azide groups is 1. The minimum Gasteiger partial charge on any atom is -0.459 e. The lowest BCUT2D eigenvalue weighted by molar-refractivity contribution is -0.784. The Balaban J connectivity index is 1.89. The van der Waals surface area contributed by atoms with Gasteiger partial charge in [0.2, 0.25) is 6.29 Å². The molecule has 0 saturated carbocycles. The van der Waals surface area contributed by atoms with E-state index in [1.165, 1.54) is 0 Å². The molecule has 27 heavy (non-hydrogen) atoms. The van der Waals surface area contributed by atoms with Crippen LogP contribution in [0.1, 0.15) is 18.8 Å². The molecule has 1 aromatic rings. The number of rotatable bonds is 5. The molecule has 2 heterocycles. The molecule has 144 valence electrons. The molecule has 0 aliphatic carbocycles. The fourth-order valence-corrected chi connectivity index (χ4v) is 3.02. The summed E-state index contributed by atoms with van der Waals surface area (Å²) in [4.78, 5) is 29.4. The topological polar surface area (TPSA) is 155 Å². The predicted molar refractivity (Wildman–Crippen MR) is 85.2 cm³/mol. The van der Waals surface area contributed by atoms with Crippen LogP contribution in [0.25, 0.3) is 10.4 Å². The standard InChI is InChI=1S/C15H16N4O8/c1-8(20)24-13-11(17-18-16)15(27-19(21)22)25-10-7-23-14(26-12(10)13)9-5-3-2-4-6-9/h2-6,10-15H,7H2,1H3/t10-,11+,12-,13-,14?,15-/m1/s1. The number of esters is 1. The van der Waals surface area contributed by atoms with Crippen LogP contribution in [0, 0.1) is 10.1 Å². The molecule has 0 amide bonds. The molecule has 1 aromatic carbocycles.